The van der Waals surface area contributed by atoms with Crippen molar-refractivity contribution in [1.29, 1.82) is 0 Å². The highest BCUT2D eigenvalue weighted by atomic mass is 14.9. The van der Waals surface area contributed by atoms with Gasteiger partial charge >= 0.3 is 0 Å². The van der Waals surface area contributed by atoms with Crippen molar-refractivity contribution in [1.82, 2.24) is 9.97 Å². The molecule has 2 rings (SSSR count). The van der Waals surface area contributed by atoms with Gasteiger partial charge in [-0.2, -0.15) is 0 Å². The maximum atomic E-state index is 4.18. The molecule has 0 atom stereocenters. The number of nitrogens with zero attached hydrogens (tertiary/aromatic N) is 1. The van der Waals surface area contributed by atoms with Crippen molar-refractivity contribution in [2.75, 3.05) is 0 Å². The van der Waals surface area contributed by atoms with Gasteiger partial charge in [0, 0.05) is 5.56 Å². The Morgan fingerprint density at radius 2 is 2.21 bits per heavy atom. The van der Waals surface area contributed by atoms with E-state index in [9.17, 15) is 0 Å². The van der Waals surface area contributed by atoms with Gasteiger partial charge < -0.3 is 4.98 Å². The molecular weight excluding hydrogens is 172 g/mol. The number of H-pyrrole nitrogens is 1. The molecule has 0 aliphatic heterocycles. The van der Waals surface area contributed by atoms with Gasteiger partial charge in [0.25, 0.3) is 0 Å². The van der Waals surface area contributed by atoms with Crippen molar-refractivity contribution in [3.05, 3.63) is 42.4 Å². The van der Waals surface area contributed by atoms with Crippen LogP contribution in [0.5, 0.6) is 0 Å². The van der Waals surface area contributed by atoms with Crippen LogP contribution in [-0.4, -0.2) is 9.97 Å². The summed E-state index contributed by atoms with van der Waals surface area (Å²) in [6, 6.07) is 8.42. The highest BCUT2D eigenvalue weighted by Gasteiger charge is 2.03. The van der Waals surface area contributed by atoms with Gasteiger partial charge in [0.1, 0.15) is 0 Å². The van der Waals surface area contributed by atoms with Gasteiger partial charge in [-0.15, -0.1) is 0 Å². The monoisotopic (exact) mass is 185 g/mol. The quantitative estimate of drug-likeness (QED) is 0.765. The molecule has 0 bridgehead atoms. The lowest BCUT2D eigenvalue weighted by Crippen LogP contribution is -1.87. The highest BCUT2D eigenvalue weighted by Crippen LogP contribution is 2.21. The van der Waals surface area contributed by atoms with Gasteiger partial charge in [-0.25, -0.2) is 4.98 Å². The molecule has 1 N–H and O–H groups in total. The van der Waals surface area contributed by atoms with Gasteiger partial charge in [0.2, 0.25) is 0 Å². The van der Waals surface area contributed by atoms with E-state index in [1.54, 1.807) is 6.33 Å². The molecule has 71 valence electrons. The topological polar surface area (TPSA) is 28.7 Å². The first kappa shape index (κ1) is 9.00. The van der Waals surface area contributed by atoms with Gasteiger partial charge in [0.05, 0.1) is 18.2 Å². The summed E-state index contributed by atoms with van der Waals surface area (Å²) < 4.78 is 0. The fourth-order valence-corrected chi connectivity index (χ4v) is 1.42. The molecule has 0 saturated heterocycles. The van der Waals surface area contributed by atoms with Gasteiger partial charge in [-0.05, 0) is 17.5 Å². The molecule has 1 radical (unpaired) electrons. The zero-order valence-electron chi connectivity index (χ0n) is 8.41. The number of aromatic nitrogens is 2. The molecule has 14 heavy (non-hydrogen) atoms. The van der Waals surface area contributed by atoms with Crippen LogP contribution in [0.15, 0.2) is 30.6 Å². The van der Waals surface area contributed by atoms with Crippen molar-refractivity contribution < 1.29 is 0 Å². The van der Waals surface area contributed by atoms with Crippen LogP contribution in [0.25, 0.3) is 11.3 Å². The minimum atomic E-state index is 0.550. The maximum Gasteiger partial charge on any atom is 0.0977 e. The van der Waals surface area contributed by atoms with Crippen molar-refractivity contribution in [3.8, 4) is 11.3 Å². The number of aromatic amines is 1. The molecule has 0 aliphatic rings. The van der Waals surface area contributed by atoms with E-state index >= 15 is 0 Å². The minimum Gasteiger partial charge on any atom is -0.343 e. The van der Waals surface area contributed by atoms with Gasteiger partial charge in [0.15, 0.2) is 0 Å². The predicted octanol–water partition coefficient (Wildman–Crippen LogP) is 3.00. The van der Waals surface area contributed by atoms with E-state index in [0.717, 1.165) is 11.3 Å². The Morgan fingerprint density at radius 3 is 2.86 bits per heavy atom. The summed E-state index contributed by atoms with van der Waals surface area (Å²) in [5, 5.41) is 0. The first-order valence-corrected chi connectivity index (χ1v) is 4.79. The van der Waals surface area contributed by atoms with E-state index in [4.69, 9.17) is 0 Å². The third-order valence-electron chi connectivity index (χ3n) is 2.28. The number of nitrogens with one attached hydrogen (secondary N) is 1. The van der Waals surface area contributed by atoms with Crippen LogP contribution in [0.3, 0.4) is 0 Å². The summed E-state index contributed by atoms with van der Waals surface area (Å²) in [6.07, 6.45) is 4.63. The van der Waals surface area contributed by atoms with Crippen LogP contribution in [0.4, 0.5) is 0 Å². The second kappa shape index (κ2) is 3.66. The van der Waals surface area contributed by atoms with Crippen molar-refractivity contribution in [3.63, 3.8) is 0 Å². The van der Waals surface area contributed by atoms with Crippen molar-refractivity contribution in [2.24, 2.45) is 0 Å². The molecule has 1 heterocycles. The van der Waals surface area contributed by atoms with Crippen LogP contribution in [0, 0.1) is 6.20 Å². The normalized spacial score (nSPS) is 10.8. The zero-order valence-corrected chi connectivity index (χ0v) is 8.41. The summed E-state index contributed by atoms with van der Waals surface area (Å²) in [5.41, 5.74) is 3.34. The number of benzene rings is 1. The third-order valence-corrected chi connectivity index (χ3v) is 2.28. The Kier molecular flexibility index (Phi) is 2.35. The van der Waals surface area contributed by atoms with Crippen molar-refractivity contribution >= 4 is 0 Å². The average molecular weight is 185 g/mol. The Morgan fingerprint density at radius 1 is 1.36 bits per heavy atom. The number of imidazole rings is 1. The number of rotatable bonds is 2. The number of hydrogen-bond acceptors (Lipinski definition) is 1. The lowest BCUT2D eigenvalue weighted by Gasteiger charge is -2.06. The molecule has 1 aromatic heterocycles. The van der Waals surface area contributed by atoms with E-state index in [0.29, 0.717) is 5.92 Å². The molecule has 0 saturated carbocycles. The second-order valence-electron chi connectivity index (χ2n) is 3.66. The summed E-state index contributed by atoms with van der Waals surface area (Å²) in [7, 11) is 0. The lowest BCUT2D eigenvalue weighted by atomic mass is 10.00. The summed E-state index contributed by atoms with van der Waals surface area (Å²) in [6.45, 7) is 4.38. The standard InChI is InChI=1S/C12H13N2/c1-9(2)10-4-3-5-11(6-10)12-7-13-8-14-12/h3-6,8-9H,1-2H3,(H,13,14). The highest BCUT2D eigenvalue weighted by molar-refractivity contribution is 5.58. The molecule has 2 aromatic rings. The molecule has 2 heteroatoms. The first-order chi connectivity index (χ1) is 6.77. The summed E-state index contributed by atoms with van der Waals surface area (Å²) >= 11 is 0. The van der Waals surface area contributed by atoms with Gasteiger partial charge in [-0.3, -0.25) is 0 Å². The molecule has 2 nitrogen and oxygen atoms in total. The van der Waals surface area contributed by atoms with E-state index in [2.05, 4.69) is 54.3 Å². The molecule has 0 aliphatic carbocycles. The van der Waals surface area contributed by atoms with E-state index in [1.807, 2.05) is 0 Å². The van der Waals surface area contributed by atoms with E-state index in [1.165, 1.54) is 5.56 Å². The van der Waals surface area contributed by atoms with Crippen molar-refractivity contribution in [2.45, 2.75) is 19.8 Å². The fourth-order valence-electron chi connectivity index (χ4n) is 1.42. The van der Waals surface area contributed by atoms with Crippen LogP contribution in [0.2, 0.25) is 0 Å². The van der Waals surface area contributed by atoms with Crippen LogP contribution in [-0.2, 0) is 0 Å². The lowest BCUT2D eigenvalue weighted by molar-refractivity contribution is 0.867. The Labute approximate surface area is 84.0 Å². The Balaban J connectivity index is 2.41. The minimum absolute atomic E-state index is 0.550. The van der Waals surface area contributed by atoms with Crippen LogP contribution < -0.4 is 0 Å². The number of hydrogen-bond donors (Lipinski definition) is 1. The molecule has 1 aromatic carbocycles. The largest absolute Gasteiger partial charge is 0.343 e. The fraction of sp³-hybridized carbons (Fsp3) is 0.250. The Bertz CT molecular complexity index is 402. The molecular formula is C12H13N2. The Hall–Kier alpha value is -1.57. The molecule has 0 spiro atoms. The second-order valence-corrected chi connectivity index (χ2v) is 3.66. The third kappa shape index (κ3) is 1.69. The molecule has 0 unspecified atom stereocenters. The average Bonchev–Trinajstić information content (AvgIpc) is 2.71. The first-order valence-electron chi connectivity index (χ1n) is 4.79. The summed E-state index contributed by atoms with van der Waals surface area (Å²) in [4.78, 5) is 7.02. The van der Waals surface area contributed by atoms with E-state index in [-0.39, 0.29) is 0 Å². The van der Waals surface area contributed by atoms with E-state index < -0.39 is 0 Å². The molecule has 0 amide bonds. The smallest absolute Gasteiger partial charge is 0.0977 e. The predicted molar refractivity (Wildman–Crippen MR) is 56.9 cm³/mol. The zero-order chi connectivity index (χ0) is 9.97. The SMILES string of the molecule is CC(C)c1cccc(-c2[c][nH]cn2)c1. The van der Waals surface area contributed by atoms with Gasteiger partial charge in [-0.1, -0.05) is 32.0 Å². The maximum absolute atomic E-state index is 4.18. The molecule has 0 fully saturated rings. The van der Waals surface area contributed by atoms with Crippen LogP contribution in [0.1, 0.15) is 25.3 Å². The summed E-state index contributed by atoms with van der Waals surface area (Å²) in [5.74, 6) is 0.550. The van der Waals surface area contributed by atoms with Crippen LogP contribution >= 0.6 is 0 Å².